The molecule has 7 nitrogen and oxygen atoms in total. The van der Waals surface area contributed by atoms with Crippen molar-refractivity contribution >= 4 is 29.2 Å². The van der Waals surface area contributed by atoms with E-state index < -0.39 is 11.9 Å². The molecule has 1 aromatic carbocycles. The van der Waals surface area contributed by atoms with Gasteiger partial charge < -0.3 is 14.6 Å². The van der Waals surface area contributed by atoms with Crippen molar-refractivity contribution in [1.29, 1.82) is 0 Å². The summed E-state index contributed by atoms with van der Waals surface area (Å²) in [6.45, 7) is 6.49. The van der Waals surface area contributed by atoms with Crippen LogP contribution < -0.4 is 0 Å². The Bertz CT molecular complexity index is 679. The number of halogens is 1. The molecule has 0 heterocycles. The van der Waals surface area contributed by atoms with Gasteiger partial charge in [-0.1, -0.05) is 11.6 Å². The SMILES string of the molecule is CCOC(=O)/C(N=Nc1ccc(Cl)c(C(=O)OC(C)C)c1)=C(/C)O. The van der Waals surface area contributed by atoms with Gasteiger partial charge in [-0.2, -0.15) is 5.11 Å². The van der Waals surface area contributed by atoms with Gasteiger partial charge >= 0.3 is 11.9 Å². The van der Waals surface area contributed by atoms with E-state index in [1.165, 1.54) is 25.1 Å². The van der Waals surface area contributed by atoms with E-state index in [9.17, 15) is 14.7 Å². The van der Waals surface area contributed by atoms with Crippen LogP contribution in [0.3, 0.4) is 0 Å². The highest BCUT2D eigenvalue weighted by Crippen LogP contribution is 2.24. The predicted octanol–water partition coefficient (Wildman–Crippen LogP) is 4.34. The number of carbonyl (C=O) groups is 2. The van der Waals surface area contributed by atoms with Crippen molar-refractivity contribution in [3.8, 4) is 0 Å². The maximum Gasteiger partial charge on any atom is 0.362 e. The van der Waals surface area contributed by atoms with E-state index in [1.54, 1.807) is 20.8 Å². The highest BCUT2D eigenvalue weighted by atomic mass is 35.5. The first kappa shape index (κ1) is 19.6. The van der Waals surface area contributed by atoms with Crippen LogP contribution in [0, 0.1) is 0 Å². The molecule has 0 aliphatic heterocycles. The van der Waals surface area contributed by atoms with Gasteiger partial charge in [0.25, 0.3) is 0 Å². The molecule has 0 unspecified atom stereocenters. The molecule has 1 rings (SSSR count). The molecular weight excluding hydrogens is 336 g/mol. The van der Waals surface area contributed by atoms with Crippen LogP contribution in [-0.2, 0) is 14.3 Å². The minimum atomic E-state index is -0.797. The lowest BCUT2D eigenvalue weighted by atomic mass is 10.2. The smallest absolute Gasteiger partial charge is 0.362 e. The van der Waals surface area contributed by atoms with Gasteiger partial charge in [-0.25, -0.2) is 9.59 Å². The third-order valence-electron chi connectivity index (χ3n) is 2.59. The first-order valence-electron chi connectivity index (χ1n) is 7.25. The van der Waals surface area contributed by atoms with Crippen molar-refractivity contribution in [1.82, 2.24) is 0 Å². The maximum absolute atomic E-state index is 12.0. The van der Waals surface area contributed by atoms with Crippen LogP contribution in [0.2, 0.25) is 5.02 Å². The summed E-state index contributed by atoms with van der Waals surface area (Å²) < 4.78 is 9.86. The fourth-order valence-electron chi connectivity index (χ4n) is 1.58. The standard InChI is InChI=1S/C16H19ClN2O5/c1-5-23-16(22)14(10(4)20)19-18-11-6-7-13(17)12(8-11)15(21)24-9(2)3/h6-9,20H,5H2,1-4H3/b14-10+,19-18?. The van der Waals surface area contributed by atoms with Gasteiger partial charge in [-0.3, -0.25) is 0 Å². The highest BCUT2D eigenvalue weighted by Gasteiger charge is 2.16. The number of benzene rings is 1. The Labute approximate surface area is 144 Å². The molecular formula is C16H19ClN2O5. The summed E-state index contributed by atoms with van der Waals surface area (Å²) >= 11 is 5.98. The van der Waals surface area contributed by atoms with Crippen LogP contribution >= 0.6 is 11.6 Å². The van der Waals surface area contributed by atoms with Crippen LogP contribution in [0.5, 0.6) is 0 Å². The zero-order valence-corrected chi connectivity index (χ0v) is 14.6. The van der Waals surface area contributed by atoms with Crippen molar-refractivity contribution in [3.63, 3.8) is 0 Å². The Hall–Kier alpha value is -2.41. The van der Waals surface area contributed by atoms with E-state index >= 15 is 0 Å². The number of hydrogen-bond acceptors (Lipinski definition) is 7. The molecule has 0 fully saturated rings. The van der Waals surface area contributed by atoms with Crippen LogP contribution in [0.4, 0.5) is 5.69 Å². The fourth-order valence-corrected chi connectivity index (χ4v) is 1.77. The van der Waals surface area contributed by atoms with Gasteiger partial charge in [-0.05, 0) is 45.9 Å². The third kappa shape index (κ3) is 5.66. The predicted molar refractivity (Wildman–Crippen MR) is 88.5 cm³/mol. The lowest BCUT2D eigenvalue weighted by molar-refractivity contribution is -0.138. The summed E-state index contributed by atoms with van der Waals surface area (Å²) in [5, 5.41) is 17.2. The van der Waals surface area contributed by atoms with Gasteiger partial charge in [0.1, 0.15) is 5.76 Å². The summed E-state index contributed by atoms with van der Waals surface area (Å²) in [4.78, 5) is 23.6. The van der Waals surface area contributed by atoms with E-state index in [2.05, 4.69) is 10.2 Å². The number of ether oxygens (including phenoxy) is 2. The van der Waals surface area contributed by atoms with E-state index in [4.69, 9.17) is 21.1 Å². The van der Waals surface area contributed by atoms with Gasteiger partial charge in [0, 0.05) is 0 Å². The topological polar surface area (TPSA) is 97.6 Å². The Kier molecular flexibility index (Phi) is 7.38. The number of azo groups is 1. The molecule has 0 saturated carbocycles. The Morgan fingerprint density at radius 2 is 2.00 bits per heavy atom. The molecule has 0 atom stereocenters. The fraction of sp³-hybridized carbons (Fsp3) is 0.375. The molecule has 1 N–H and O–H groups in total. The average Bonchev–Trinajstić information content (AvgIpc) is 2.48. The van der Waals surface area contributed by atoms with Gasteiger partial charge in [0.15, 0.2) is 0 Å². The van der Waals surface area contributed by atoms with E-state index in [-0.39, 0.29) is 40.4 Å². The van der Waals surface area contributed by atoms with Crippen molar-refractivity contribution in [2.24, 2.45) is 10.2 Å². The van der Waals surface area contributed by atoms with Crippen molar-refractivity contribution < 1.29 is 24.2 Å². The molecule has 0 bridgehead atoms. The molecule has 0 amide bonds. The summed E-state index contributed by atoms with van der Waals surface area (Å²) in [6.07, 6.45) is -0.297. The number of nitrogens with zero attached hydrogens (tertiary/aromatic N) is 2. The summed E-state index contributed by atoms with van der Waals surface area (Å²) in [7, 11) is 0. The number of rotatable bonds is 6. The minimum absolute atomic E-state index is 0.129. The molecule has 0 radical (unpaired) electrons. The van der Waals surface area contributed by atoms with Gasteiger partial charge in [0.05, 0.1) is 29.0 Å². The van der Waals surface area contributed by atoms with E-state index in [1.807, 2.05) is 0 Å². The summed E-state index contributed by atoms with van der Waals surface area (Å²) in [6, 6.07) is 4.35. The lowest BCUT2D eigenvalue weighted by Crippen LogP contribution is -2.11. The number of allylic oxidation sites excluding steroid dienone is 1. The highest BCUT2D eigenvalue weighted by molar-refractivity contribution is 6.33. The molecule has 0 aliphatic rings. The summed E-state index contributed by atoms with van der Waals surface area (Å²) in [5.74, 6) is -1.72. The zero-order chi connectivity index (χ0) is 18.3. The first-order chi connectivity index (χ1) is 11.3. The summed E-state index contributed by atoms with van der Waals surface area (Å²) in [5.41, 5.74) is 0.0699. The van der Waals surface area contributed by atoms with Crippen molar-refractivity contribution in [3.05, 3.63) is 40.2 Å². The van der Waals surface area contributed by atoms with E-state index in [0.29, 0.717) is 0 Å². The van der Waals surface area contributed by atoms with Crippen LogP contribution in [0.1, 0.15) is 38.1 Å². The minimum Gasteiger partial charge on any atom is -0.510 e. The van der Waals surface area contributed by atoms with Crippen molar-refractivity contribution in [2.45, 2.75) is 33.8 Å². The average molecular weight is 355 g/mol. The second kappa shape index (κ2) is 9.02. The molecule has 0 aliphatic carbocycles. The van der Waals surface area contributed by atoms with E-state index in [0.717, 1.165) is 0 Å². The monoisotopic (exact) mass is 354 g/mol. The number of aliphatic hydroxyl groups is 1. The molecule has 24 heavy (non-hydrogen) atoms. The number of esters is 2. The molecule has 0 aromatic heterocycles. The van der Waals surface area contributed by atoms with Gasteiger partial charge in [0.2, 0.25) is 5.70 Å². The van der Waals surface area contributed by atoms with Crippen LogP contribution in [0.25, 0.3) is 0 Å². The number of aliphatic hydroxyl groups excluding tert-OH is 1. The molecule has 8 heteroatoms. The molecule has 0 saturated heterocycles. The van der Waals surface area contributed by atoms with Crippen LogP contribution in [0.15, 0.2) is 39.9 Å². The van der Waals surface area contributed by atoms with Crippen molar-refractivity contribution in [2.75, 3.05) is 6.61 Å². The maximum atomic E-state index is 12.0. The van der Waals surface area contributed by atoms with Crippen LogP contribution in [-0.4, -0.2) is 29.8 Å². The Morgan fingerprint density at radius 3 is 2.54 bits per heavy atom. The Balaban J connectivity index is 3.09. The lowest BCUT2D eigenvalue weighted by Gasteiger charge is -2.09. The Morgan fingerprint density at radius 1 is 1.33 bits per heavy atom. The number of carbonyl (C=O) groups excluding carboxylic acids is 2. The van der Waals surface area contributed by atoms with Gasteiger partial charge in [-0.15, -0.1) is 5.11 Å². The first-order valence-corrected chi connectivity index (χ1v) is 7.63. The molecule has 0 spiro atoms. The number of hydrogen-bond donors (Lipinski definition) is 1. The zero-order valence-electron chi connectivity index (χ0n) is 13.9. The second-order valence-corrected chi connectivity index (χ2v) is 5.38. The second-order valence-electron chi connectivity index (χ2n) is 4.97. The quantitative estimate of drug-likeness (QED) is 0.354. The third-order valence-corrected chi connectivity index (χ3v) is 2.92. The largest absolute Gasteiger partial charge is 0.510 e. The molecule has 130 valence electrons. The normalized spacial score (nSPS) is 12.2. The molecule has 1 aromatic rings.